The van der Waals surface area contributed by atoms with Gasteiger partial charge in [0.05, 0.1) is 6.04 Å². The summed E-state index contributed by atoms with van der Waals surface area (Å²) in [5.74, 6) is 3.21. The molecule has 134 valence electrons. The van der Waals surface area contributed by atoms with Gasteiger partial charge in [0.25, 0.3) is 0 Å². The predicted octanol–water partition coefficient (Wildman–Crippen LogP) is 3.60. The van der Waals surface area contributed by atoms with Gasteiger partial charge in [-0.1, -0.05) is 18.0 Å². The Kier molecular flexibility index (Phi) is 5.18. The average molecular weight is 332 g/mol. The largest absolute Gasteiger partial charge is 0.338 e. The van der Waals surface area contributed by atoms with Gasteiger partial charge in [-0.2, -0.15) is 4.98 Å². The Labute approximate surface area is 145 Å². The zero-order valence-corrected chi connectivity index (χ0v) is 15.1. The molecule has 2 aliphatic heterocycles. The molecule has 24 heavy (non-hydrogen) atoms. The highest BCUT2D eigenvalue weighted by molar-refractivity contribution is 5.04. The molecule has 0 N–H and O–H groups in total. The third-order valence-electron chi connectivity index (χ3n) is 6.17. The van der Waals surface area contributed by atoms with Crippen LogP contribution in [0.3, 0.4) is 0 Å². The van der Waals surface area contributed by atoms with Gasteiger partial charge in [-0.05, 0) is 77.5 Å². The molecular formula is C19H32N4O. The topological polar surface area (TPSA) is 45.4 Å². The molecule has 0 amide bonds. The predicted molar refractivity (Wildman–Crippen MR) is 93.9 cm³/mol. The van der Waals surface area contributed by atoms with E-state index >= 15 is 0 Å². The SMILES string of the molecule is CC(c1nc(C2CC2)no1)N1CCC(CN2CCCCCC2)CC1. The van der Waals surface area contributed by atoms with Crippen LogP contribution >= 0.6 is 0 Å². The van der Waals surface area contributed by atoms with E-state index in [1.807, 2.05) is 0 Å². The fourth-order valence-corrected chi connectivity index (χ4v) is 4.29. The van der Waals surface area contributed by atoms with Crippen molar-refractivity contribution in [2.45, 2.75) is 70.3 Å². The quantitative estimate of drug-likeness (QED) is 0.824. The molecule has 3 fully saturated rings. The van der Waals surface area contributed by atoms with Gasteiger partial charge < -0.3 is 9.42 Å². The molecule has 0 aromatic carbocycles. The first-order valence-electron chi connectivity index (χ1n) is 10.1. The minimum Gasteiger partial charge on any atom is -0.338 e. The molecule has 2 saturated heterocycles. The molecular weight excluding hydrogens is 300 g/mol. The van der Waals surface area contributed by atoms with Gasteiger partial charge in [0, 0.05) is 12.5 Å². The lowest BCUT2D eigenvalue weighted by Crippen LogP contribution is -2.40. The highest BCUT2D eigenvalue weighted by Crippen LogP contribution is 2.38. The Morgan fingerprint density at radius 2 is 1.71 bits per heavy atom. The van der Waals surface area contributed by atoms with Crippen molar-refractivity contribution in [3.63, 3.8) is 0 Å². The highest BCUT2D eigenvalue weighted by atomic mass is 16.5. The number of likely N-dealkylation sites (tertiary alicyclic amines) is 2. The summed E-state index contributed by atoms with van der Waals surface area (Å²) < 4.78 is 5.53. The maximum absolute atomic E-state index is 5.53. The van der Waals surface area contributed by atoms with Crippen molar-refractivity contribution < 1.29 is 4.52 Å². The molecule has 3 heterocycles. The maximum Gasteiger partial charge on any atom is 0.243 e. The zero-order chi connectivity index (χ0) is 16.4. The van der Waals surface area contributed by atoms with Crippen LogP contribution < -0.4 is 0 Å². The number of hydrogen-bond acceptors (Lipinski definition) is 5. The van der Waals surface area contributed by atoms with Gasteiger partial charge in [-0.15, -0.1) is 0 Å². The zero-order valence-electron chi connectivity index (χ0n) is 15.1. The Balaban J connectivity index is 1.25. The first-order valence-corrected chi connectivity index (χ1v) is 10.1. The van der Waals surface area contributed by atoms with Crippen LogP contribution in [-0.2, 0) is 0 Å². The maximum atomic E-state index is 5.53. The van der Waals surface area contributed by atoms with E-state index in [-0.39, 0.29) is 6.04 Å². The molecule has 4 rings (SSSR count). The second kappa shape index (κ2) is 7.52. The summed E-state index contributed by atoms with van der Waals surface area (Å²) in [6, 6.07) is 0.268. The smallest absolute Gasteiger partial charge is 0.243 e. The molecule has 1 aromatic heterocycles. The van der Waals surface area contributed by atoms with Crippen LogP contribution in [0.2, 0.25) is 0 Å². The van der Waals surface area contributed by atoms with Crippen LogP contribution in [-0.4, -0.2) is 52.7 Å². The van der Waals surface area contributed by atoms with Crippen molar-refractivity contribution in [3.05, 3.63) is 11.7 Å². The minimum absolute atomic E-state index is 0.268. The van der Waals surface area contributed by atoms with Crippen LogP contribution in [0, 0.1) is 5.92 Å². The van der Waals surface area contributed by atoms with E-state index in [1.165, 1.54) is 84.1 Å². The van der Waals surface area contributed by atoms with Crippen molar-refractivity contribution in [3.8, 4) is 0 Å². The second-order valence-electron chi connectivity index (χ2n) is 8.14. The molecule has 5 heteroatoms. The first-order chi connectivity index (χ1) is 11.8. The average Bonchev–Trinajstić information content (AvgIpc) is 3.39. The molecule has 1 aliphatic carbocycles. The van der Waals surface area contributed by atoms with Gasteiger partial charge >= 0.3 is 0 Å². The number of nitrogens with zero attached hydrogens (tertiary/aromatic N) is 4. The Morgan fingerprint density at radius 3 is 2.38 bits per heavy atom. The lowest BCUT2D eigenvalue weighted by Gasteiger charge is -2.36. The summed E-state index contributed by atoms with van der Waals surface area (Å²) in [5.41, 5.74) is 0. The molecule has 0 bridgehead atoms. The summed E-state index contributed by atoms with van der Waals surface area (Å²) in [4.78, 5) is 9.89. The summed E-state index contributed by atoms with van der Waals surface area (Å²) in [6.45, 7) is 8.51. The van der Waals surface area contributed by atoms with Crippen molar-refractivity contribution in [2.24, 2.45) is 5.92 Å². The van der Waals surface area contributed by atoms with Crippen LogP contribution in [0.4, 0.5) is 0 Å². The van der Waals surface area contributed by atoms with Crippen LogP contribution in [0.1, 0.15) is 82.0 Å². The van der Waals surface area contributed by atoms with Crippen LogP contribution in [0.5, 0.6) is 0 Å². The van der Waals surface area contributed by atoms with E-state index < -0.39 is 0 Å². The van der Waals surface area contributed by atoms with Crippen molar-refractivity contribution >= 4 is 0 Å². The normalized spacial score (nSPS) is 26.4. The summed E-state index contributed by atoms with van der Waals surface area (Å²) >= 11 is 0. The van der Waals surface area contributed by atoms with E-state index in [1.54, 1.807) is 0 Å². The lowest BCUT2D eigenvalue weighted by atomic mass is 9.95. The molecule has 0 spiro atoms. The van der Waals surface area contributed by atoms with Gasteiger partial charge in [-0.25, -0.2) is 0 Å². The summed E-state index contributed by atoms with van der Waals surface area (Å²) in [6.07, 6.45) is 10.7. The van der Waals surface area contributed by atoms with E-state index in [4.69, 9.17) is 4.52 Å². The fourth-order valence-electron chi connectivity index (χ4n) is 4.29. The molecule has 1 aromatic rings. The fraction of sp³-hybridized carbons (Fsp3) is 0.895. The Morgan fingerprint density at radius 1 is 1.00 bits per heavy atom. The minimum atomic E-state index is 0.268. The van der Waals surface area contributed by atoms with Crippen molar-refractivity contribution in [1.29, 1.82) is 0 Å². The molecule has 1 saturated carbocycles. The molecule has 1 unspecified atom stereocenters. The monoisotopic (exact) mass is 332 g/mol. The molecule has 5 nitrogen and oxygen atoms in total. The summed E-state index contributed by atoms with van der Waals surface area (Å²) in [7, 11) is 0. The molecule has 0 radical (unpaired) electrons. The van der Waals surface area contributed by atoms with Crippen LogP contribution in [0.25, 0.3) is 0 Å². The van der Waals surface area contributed by atoms with E-state index in [2.05, 4.69) is 26.9 Å². The lowest BCUT2D eigenvalue weighted by molar-refractivity contribution is 0.102. The number of aromatic nitrogens is 2. The second-order valence-corrected chi connectivity index (χ2v) is 8.14. The van der Waals surface area contributed by atoms with Gasteiger partial charge in [0.1, 0.15) is 0 Å². The first kappa shape index (κ1) is 16.5. The third-order valence-corrected chi connectivity index (χ3v) is 6.17. The molecule has 3 aliphatic rings. The third kappa shape index (κ3) is 3.99. The Hall–Kier alpha value is -0.940. The standard InChI is InChI=1S/C19H32N4O/c1-15(19-20-18(21-24-19)17-6-7-17)23-12-8-16(9-13-23)14-22-10-4-2-3-5-11-22/h15-17H,2-14H2,1H3. The van der Waals surface area contributed by atoms with E-state index in [9.17, 15) is 0 Å². The van der Waals surface area contributed by atoms with Crippen molar-refractivity contribution in [2.75, 3.05) is 32.7 Å². The van der Waals surface area contributed by atoms with E-state index in [0.29, 0.717) is 5.92 Å². The van der Waals surface area contributed by atoms with Crippen LogP contribution in [0.15, 0.2) is 4.52 Å². The number of piperidine rings is 1. The van der Waals surface area contributed by atoms with Gasteiger partial charge in [0.2, 0.25) is 5.89 Å². The Bertz CT molecular complexity index is 511. The van der Waals surface area contributed by atoms with E-state index in [0.717, 1.165) is 17.6 Å². The number of hydrogen-bond donors (Lipinski definition) is 0. The summed E-state index contributed by atoms with van der Waals surface area (Å²) in [5, 5.41) is 4.18. The van der Waals surface area contributed by atoms with Crippen molar-refractivity contribution in [1.82, 2.24) is 19.9 Å². The molecule has 1 atom stereocenters. The highest BCUT2D eigenvalue weighted by Gasteiger charge is 2.32. The number of rotatable bonds is 5. The van der Waals surface area contributed by atoms with Gasteiger partial charge in [-0.3, -0.25) is 4.90 Å². The van der Waals surface area contributed by atoms with Gasteiger partial charge in [0.15, 0.2) is 5.82 Å².